The van der Waals surface area contributed by atoms with Gasteiger partial charge in [-0.25, -0.2) is 9.50 Å². The predicted molar refractivity (Wildman–Crippen MR) is 160 cm³/mol. The Balaban J connectivity index is 1.33. The highest BCUT2D eigenvalue weighted by Gasteiger charge is 2.27. The number of aliphatic hydroxyl groups excluding tert-OH is 1. The van der Waals surface area contributed by atoms with Gasteiger partial charge in [-0.2, -0.15) is 5.10 Å². The Morgan fingerprint density at radius 3 is 2.77 bits per heavy atom. The summed E-state index contributed by atoms with van der Waals surface area (Å²) in [5, 5.41) is 23.5. The van der Waals surface area contributed by atoms with Crippen LogP contribution in [0.4, 0.5) is 0 Å². The largest absolute Gasteiger partial charge is 0.379 e. The third-order valence-electron chi connectivity index (χ3n) is 7.42. The molecule has 5 aromatic rings. The van der Waals surface area contributed by atoms with Crippen molar-refractivity contribution in [2.75, 3.05) is 6.54 Å². The number of nitrogens with zero attached hydrogens (tertiary/aromatic N) is 4. The first kappa shape index (κ1) is 27.8. The van der Waals surface area contributed by atoms with Crippen molar-refractivity contribution < 1.29 is 14.7 Å². The standard InChI is InChI=1S/C32H29N7O4/c1-20(36-30(41)24-19-35-38-17-7-16-33-29(24)38)26-18-22-9-5-8-21(10-6-15-34-31(42)25-13-14-27(40)37-25)28(22)32(43)39(26)23-11-3-2-4-12-23/h2-5,7-9,11-12,16-20,25,27,37,40H,13-15H2,1H3,(H,34,42)(H,36,41)/t20-,25-,27?/m0/s1. The number of pyridine rings is 1. The monoisotopic (exact) mass is 575 g/mol. The van der Waals surface area contributed by atoms with Crippen LogP contribution in [-0.2, 0) is 4.79 Å². The van der Waals surface area contributed by atoms with Gasteiger partial charge in [0.25, 0.3) is 11.5 Å². The second-order valence-electron chi connectivity index (χ2n) is 10.3. The molecule has 2 aromatic carbocycles. The fraction of sp³-hybridized carbons (Fsp3) is 0.219. The summed E-state index contributed by atoms with van der Waals surface area (Å²) in [5.41, 5.74) is 2.23. The van der Waals surface area contributed by atoms with E-state index >= 15 is 0 Å². The van der Waals surface area contributed by atoms with Crippen LogP contribution < -0.4 is 21.5 Å². The highest BCUT2D eigenvalue weighted by Crippen LogP contribution is 2.24. The third kappa shape index (κ3) is 5.61. The summed E-state index contributed by atoms with van der Waals surface area (Å²) in [6.07, 6.45) is 5.19. The number of benzene rings is 2. The van der Waals surface area contributed by atoms with Crippen molar-refractivity contribution in [2.45, 2.75) is 38.1 Å². The lowest BCUT2D eigenvalue weighted by molar-refractivity contribution is -0.122. The van der Waals surface area contributed by atoms with E-state index in [2.05, 4.69) is 37.9 Å². The molecule has 4 N–H and O–H groups in total. The van der Waals surface area contributed by atoms with Gasteiger partial charge < -0.3 is 15.7 Å². The zero-order chi connectivity index (χ0) is 29.9. The Kier molecular flexibility index (Phi) is 7.70. The normalized spacial score (nSPS) is 16.9. The Hall–Kier alpha value is -5.31. The molecule has 1 unspecified atom stereocenters. The average molecular weight is 576 g/mol. The van der Waals surface area contributed by atoms with E-state index in [9.17, 15) is 19.5 Å². The summed E-state index contributed by atoms with van der Waals surface area (Å²) < 4.78 is 3.12. The predicted octanol–water partition coefficient (Wildman–Crippen LogP) is 2.06. The van der Waals surface area contributed by atoms with Gasteiger partial charge >= 0.3 is 0 Å². The van der Waals surface area contributed by atoms with Gasteiger partial charge in [0.2, 0.25) is 5.91 Å². The van der Waals surface area contributed by atoms with Crippen molar-refractivity contribution in [1.82, 2.24) is 35.1 Å². The molecule has 6 rings (SSSR count). The maximum Gasteiger partial charge on any atom is 0.264 e. The van der Waals surface area contributed by atoms with Crippen LogP contribution in [0.5, 0.6) is 0 Å². The van der Waals surface area contributed by atoms with Gasteiger partial charge in [0.1, 0.15) is 11.8 Å². The molecule has 43 heavy (non-hydrogen) atoms. The van der Waals surface area contributed by atoms with Gasteiger partial charge in [0, 0.05) is 29.3 Å². The number of aliphatic hydroxyl groups is 1. The van der Waals surface area contributed by atoms with Crippen molar-refractivity contribution in [3.8, 4) is 17.5 Å². The number of fused-ring (bicyclic) bond motifs is 2. The van der Waals surface area contributed by atoms with E-state index in [1.165, 1.54) is 10.7 Å². The molecule has 4 heterocycles. The molecule has 3 atom stereocenters. The lowest BCUT2D eigenvalue weighted by Crippen LogP contribution is -2.42. The molecular formula is C32H29N7O4. The lowest BCUT2D eigenvalue weighted by atomic mass is 10.0. The van der Waals surface area contributed by atoms with Gasteiger partial charge in [0.15, 0.2) is 5.65 Å². The molecule has 0 spiro atoms. The zero-order valence-electron chi connectivity index (χ0n) is 23.3. The SMILES string of the molecule is C[C@H](NC(=O)c1cnn2cccnc12)c1cc2cccc(C#CCNC(=O)[C@@H]3CCC(O)N3)c2c(=O)n1-c1ccccc1. The fourth-order valence-electron chi connectivity index (χ4n) is 5.31. The summed E-state index contributed by atoms with van der Waals surface area (Å²) in [6, 6.07) is 17.2. The lowest BCUT2D eigenvalue weighted by Gasteiger charge is -2.21. The molecule has 1 fully saturated rings. The van der Waals surface area contributed by atoms with Crippen LogP contribution in [0.1, 0.15) is 47.4 Å². The second kappa shape index (κ2) is 11.9. The summed E-state index contributed by atoms with van der Waals surface area (Å²) in [4.78, 5) is 44.1. The van der Waals surface area contributed by atoms with Crippen molar-refractivity contribution in [1.29, 1.82) is 0 Å². The van der Waals surface area contributed by atoms with Gasteiger partial charge in [0.05, 0.1) is 30.2 Å². The molecule has 11 heteroatoms. The Bertz CT molecular complexity index is 1960. The maximum atomic E-state index is 14.2. The third-order valence-corrected chi connectivity index (χ3v) is 7.42. The van der Waals surface area contributed by atoms with Crippen molar-refractivity contribution in [2.24, 2.45) is 0 Å². The molecule has 0 aliphatic carbocycles. The summed E-state index contributed by atoms with van der Waals surface area (Å²) in [6.45, 7) is 1.91. The van der Waals surface area contributed by atoms with Crippen LogP contribution in [0, 0.1) is 11.8 Å². The average Bonchev–Trinajstić information content (AvgIpc) is 3.66. The topological polar surface area (TPSA) is 143 Å². The van der Waals surface area contributed by atoms with Gasteiger partial charge in [-0.1, -0.05) is 42.2 Å². The minimum Gasteiger partial charge on any atom is -0.379 e. The zero-order valence-corrected chi connectivity index (χ0v) is 23.3. The minimum absolute atomic E-state index is 0.0932. The minimum atomic E-state index is -0.673. The highest BCUT2D eigenvalue weighted by molar-refractivity contribution is 5.99. The van der Waals surface area contributed by atoms with Gasteiger partial charge in [-0.3, -0.25) is 24.3 Å². The second-order valence-corrected chi connectivity index (χ2v) is 10.3. The molecule has 2 amide bonds. The van der Waals surface area contributed by atoms with Gasteiger partial charge in [-0.05, 0) is 55.5 Å². The molecule has 0 saturated carbocycles. The first-order valence-electron chi connectivity index (χ1n) is 13.9. The van der Waals surface area contributed by atoms with E-state index in [4.69, 9.17) is 0 Å². The Morgan fingerprint density at radius 2 is 1.98 bits per heavy atom. The number of amides is 2. The number of rotatable bonds is 6. The smallest absolute Gasteiger partial charge is 0.264 e. The fourth-order valence-corrected chi connectivity index (χ4v) is 5.31. The quantitative estimate of drug-likeness (QED) is 0.227. The first-order valence-corrected chi connectivity index (χ1v) is 13.9. The van der Waals surface area contributed by atoms with Crippen LogP contribution in [0.3, 0.4) is 0 Å². The molecule has 0 radical (unpaired) electrons. The van der Waals surface area contributed by atoms with E-state index in [-0.39, 0.29) is 23.9 Å². The van der Waals surface area contributed by atoms with E-state index in [1.807, 2.05) is 55.5 Å². The van der Waals surface area contributed by atoms with E-state index in [0.29, 0.717) is 51.8 Å². The van der Waals surface area contributed by atoms with Crippen LogP contribution in [0.15, 0.2) is 84.0 Å². The maximum absolute atomic E-state index is 14.2. The van der Waals surface area contributed by atoms with Crippen molar-refractivity contribution in [3.05, 3.63) is 106 Å². The highest BCUT2D eigenvalue weighted by atomic mass is 16.3. The van der Waals surface area contributed by atoms with Crippen LogP contribution in [0.25, 0.3) is 22.1 Å². The van der Waals surface area contributed by atoms with Crippen molar-refractivity contribution >= 4 is 28.2 Å². The van der Waals surface area contributed by atoms with Gasteiger partial charge in [-0.15, -0.1) is 0 Å². The number of para-hydroxylation sites is 1. The number of carbonyl (C=O) groups is 2. The molecule has 1 aliphatic heterocycles. The Morgan fingerprint density at radius 1 is 1.14 bits per heavy atom. The van der Waals surface area contributed by atoms with Crippen LogP contribution in [0.2, 0.25) is 0 Å². The number of aromatic nitrogens is 4. The number of nitrogens with one attached hydrogen (secondary N) is 3. The molecule has 216 valence electrons. The summed E-state index contributed by atoms with van der Waals surface area (Å²) >= 11 is 0. The molecule has 11 nitrogen and oxygen atoms in total. The van der Waals surface area contributed by atoms with Crippen LogP contribution >= 0.6 is 0 Å². The molecule has 1 aliphatic rings. The molecule has 1 saturated heterocycles. The number of carbonyl (C=O) groups excluding carboxylic acids is 2. The van der Waals surface area contributed by atoms with Crippen molar-refractivity contribution in [3.63, 3.8) is 0 Å². The Labute approximate surface area is 246 Å². The van der Waals surface area contributed by atoms with E-state index in [0.717, 1.165) is 0 Å². The molecule has 3 aromatic heterocycles. The summed E-state index contributed by atoms with van der Waals surface area (Å²) in [5.74, 6) is 5.40. The molecular weight excluding hydrogens is 546 g/mol. The first-order chi connectivity index (χ1) is 20.9. The number of hydrogen-bond acceptors (Lipinski definition) is 7. The van der Waals surface area contributed by atoms with E-state index < -0.39 is 18.3 Å². The van der Waals surface area contributed by atoms with E-state index in [1.54, 1.807) is 29.1 Å². The summed E-state index contributed by atoms with van der Waals surface area (Å²) in [7, 11) is 0. The number of hydrogen-bond donors (Lipinski definition) is 4. The van der Waals surface area contributed by atoms with Crippen LogP contribution in [-0.4, -0.2) is 54.9 Å². The molecule has 0 bridgehead atoms.